The molecule has 3 rings (SSSR count). The molecule has 1 aliphatic heterocycles. The standard InChI is InChI=1S/C17H23N3O4S/c1-12-4-8-15(9-5-12)25(23,24)20-10-2-3-14(11-20)17(22)19-18-16(21)13-6-7-13/h4-5,8-9,13-14H,2-3,6-7,10-11H2,1H3,(H,18,21)(H,19,22)/t14-/m1/s1. The Morgan fingerprint density at radius 2 is 1.60 bits per heavy atom. The maximum absolute atomic E-state index is 12.8. The van der Waals surface area contributed by atoms with Gasteiger partial charge in [-0.05, 0) is 44.7 Å². The number of benzene rings is 1. The number of carbonyl (C=O) groups is 2. The molecule has 0 spiro atoms. The van der Waals surface area contributed by atoms with Crippen molar-refractivity contribution in [3.63, 3.8) is 0 Å². The molecule has 1 aromatic rings. The van der Waals surface area contributed by atoms with Gasteiger partial charge in [0.15, 0.2) is 0 Å². The van der Waals surface area contributed by atoms with E-state index >= 15 is 0 Å². The van der Waals surface area contributed by atoms with Crippen molar-refractivity contribution >= 4 is 21.8 Å². The summed E-state index contributed by atoms with van der Waals surface area (Å²) in [5.41, 5.74) is 5.85. The quantitative estimate of drug-likeness (QED) is 0.777. The summed E-state index contributed by atoms with van der Waals surface area (Å²) in [6, 6.07) is 6.69. The molecule has 1 atom stereocenters. The molecule has 2 aliphatic rings. The van der Waals surface area contributed by atoms with E-state index in [1.165, 1.54) is 4.31 Å². The number of amides is 2. The van der Waals surface area contributed by atoms with E-state index in [4.69, 9.17) is 0 Å². The molecule has 1 saturated carbocycles. The summed E-state index contributed by atoms with van der Waals surface area (Å²) in [4.78, 5) is 24.1. The zero-order valence-corrected chi connectivity index (χ0v) is 15.0. The molecular weight excluding hydrogens is 342 g/mol. The molecule has 1 saturated heterocycles. The monoisotopic (exact) mass is 365 g/mol. The number of nitrogens with zero attached hydrogens (tertiary/aromatic N) is 1. The van der Waals surface area contributed by atoms with E-state index in [1.54, 1.807) is 24.3 Å². The predicted molar refractivity (Wildman–Crippen MR) is 91.7 cm³/mol. The molecule has 1 aromatic carbocycles. The summed E-state index contributed by atoms with van der Waals surface area (Å²) in [6.45, 7) is 2.42. The zero-order chi connectivity index (χ0) is 18.0. The Kier molecular flexibility index (Phi) is 5.10. The van der Waals surface area contributed by atoms with E-state index < -0.39 is 15.9 Å². The van der Waals surface area contributed by atoms with Crippen LogP contribution in [-0.2, 0) is 19.6 Å². The summed E-state index contributed by atoms with van der Waals surface area (Å²) >= 11 is 0. The van der Waals surface area contributed by atoms with Crippen molar-refractivity contribution in [1.29, 1.82) is 0 Å². The summed E-state index contributed by atoms with van der Waals surface area (Å²) in [5, 5.41) is 0. The van der Waals surface area contributed by atoms with Gasteiger partial charge in [-0.2, -0.15) is 4.31 Å². The highest BCUT2D eigenvalue weighted by molar-refractivity contribution is 7.89. The molecule has 25 heavy (non-hydrogen) atoms. The predicted octanol–water partition coefficient (Wildman–Crippen LogP) is 0.953. The van der Waals surface area contributed by atoms with Gasteiger partial charge in [0.1, 0.15) is 0 Å². The first kappa shape index (κ1) is 17.9. The van der Waals surface area contributed by atoms with E-state index in [2.05, 4.69) is 10.9 Å². The van der Waals surface area contributed by atoms with Gasteiger partial charge in [-0.25, -0.2) is 8.42 Å². The third-order valence-electron chi connectivity index (χ3n) is 4.67. The van der Waals surface area contributed by atoms with E-state index in [-0.39, 0.29) is 29.2 Å². The van der Waals surface area contributed by atoms with Gasteiger partial charge in [0, 0.05) is 19.0 Å². The summed E-state index contributed by atoms with van der Waals surface area (Å²) < 4.78 is 26.9. The van der Waals surface area contributed by atoms with Crippen molar-refractivity contribution in [2.75, 3.05) is 13.1 Å². The third kappa shape index (κ3) is 4.19. The van der Waals surface area contributed by atoms with Crippen LogP contribution in [0.2, 0.25) is 0 Å². The van der Waals surface area contributed by atoms with Crippen LogP contribution in [0.1, 0.15) is 31.2 Å². The van der Waals surface area contributed by atoms with Crippen LogP contribution >= 0.6 is 0 Å². The van der Waals surface area contributed by atoms with Crippen molar-refractivity contribution in [3.8, 4) is 0 Å². The van der Waals surface area contributed by atoms with E-state index in [0.717, 1.165) is 18.4 Å². The van der Waals surface area contributed by atoms with Crippen LogP contribution in [0.5, 0.6) is 0 Å². The first-order valence-corrected chi connectivity index (χ1v) is 9.98. The van der Waals surface area contributed by atoms with Gasteiger partial charge in [-0.3, -0.25) is 20.4 Å². The summed E-state index contributed by atoms with van der Waals surface area (Å²) in [5.74, 6) is -0.968. The van der Waals surface area contributed by atoms with Gasteiger partial charge in [0.2, 0.25) is 21.8 Å². The molecular formula is C17H23N3O4S. The van der Waals surface area contributed by atoms with E-state index in [9.17, 15) is 18.0 Å². The molecule has 2 fully saturated rings. The maximum atomic E-state index is 12.8. The SMILES string of the molecule is Cc1ccc(S(=O)(=O)N2CCC[C@@H](C(=O)NNC(=O)C3CC3)C2)cc1. The minimum atomic E-state index is -3.61. The van der Waals surface area contributed by atoms with Gasteiger partial charge >= 0.3 is 0 Å². The molecule has 2 N–H and O–H groups in total. The molecule has 2 amide bonds. The fourth-order valence-corrected chi connectivity index (χ4v) is 4.43. The summed E-state index contributed by atoms with van der Waals surface area (Å²) in [6.07, 6.45) is 2.92. The smallest absolute Gasteiger partial charge is 0.243 e. The van der Waals surface area contributed by atoms with Gasteiger partial charge < -0.3 is 0 Å². The molecule has 0 radical (unpaired) electrons. The normalized spacial score (nSPS) is 21.6. The highest BCUT2D eigenvalue weighted by atomic mass is 32.2. The lowest BCUT2D eigenvalue weighted by Crippen LogP contribution is -2.50. The minimum Gasteiger partial charge on any atom is -0.273 e. The number of nitrogens with one attached hydrogen (secondary N) is 2. The van der Waals surface area contributed by atoms with Crippen LogP contribution in [0.3, 0.4) is 0 Å². The Morgan fingerprint density at radius 1 is 1.00 bits per heavy atom. The second kappa shape index (κ2) is 7.13. The van der Waals surface area contributed by atoms with Crippen LogP contribution in [0.25, 0.3) is 0 Å². The van der Waals surface area contributed by atoms with Crippen LogP contribution in [0, 0.1) is 18.8 Å². The Labute approximate surface area is 147 Å². The molecule has 1 heterocycles. The number of sulfonamides is 1. The largest absolute Gasteiger partial charge is 0.273 e. The fourth-order valence-electron chi connectivity index (χ4n) is 2.91. The van der Waals surface area contributed by atoms with Crippen LogP contribution in [-0.4, -0.2) is 37.6 Å². The average Bonchev–Trinajstić information content (AvgIpc) is 3.45. The molecule has 0 bridgehead atoms. The zero-order valence-electron chi connectivity index (χ0n) is 14.2. The highest BCUT2D eigenvalue weighted by Gasteiger charge is 2.34. The van der Waals surface area contributed by atoms with Crippen molar-refractivity contribution < 1.29 is 18.0 Å². The van der Waals surface area contributed by atoms with Gasteiger partial charge in [0.25, 0.3) is 0 Å². The average molecular weight is 365 g/mol. The molecule has 7 nitrogen and oxygen atoms in total. The lowest BCUT2D eigenvalue weighted by molar-refractivity contribution is -0.132. The highest BCUT2D eigenvalue weighted by Crippen LogP contribution is 2.28. The van der Waals surface area contributed by atoms with Crippen LogP contribution < -0.4 is 10.9 Å². The first-order chi connectivity index (χ1) is 11.9. The number of carbonyl (C=O) groups excluding carboxylic acids is 2. The minimum absolute atomic E-state index is 0.00469. The van der Waals surface area contributed by atoms with Crippen LogP contribution in [0.4, 0.5) is 0 Å². The second-order valence-electron chi connectivity index (χ2n) is 6.77. The molecule has 0 aromatic heterocycles. The Balaban J connectivity index is 1.62. The Bertz CT molecular complexity index is 757. The van der Waals surface area contributed by atoms with Crippen LogP contribution in [0.15, 0.2) is 29.2 Å². The Hall–Kier alpha value is -1.93. The number of hydrogen-bond acceptors (Lipinski definition) is 4. The Morgan fingerprint density at radius 3 is 2.20 bits per heavy atom. The number of hydrogen-bond donors (Lipinski definition) is 2. The maximum Gasteiger partial charge on any atom is 0.243 e. The van der Waals surface area contributed by atoms with Gasteiger partial charge in [0.05, 0.1) is 10.8 Å². The lowest BCUT2D eigenvalue weighted by atomic mass is 9.99. The number of hydrazine groups is 1. The summed E-state index contributed by atoms with van der Waals surface area (Å²) in [7, 11) is -3.61. The van der Waals surface area contributed by atoms with Crippen molar-refractivity contribution in [1.82, 2.24) is 15.2 Å². The van der Waals surface area contributed by atoms with Gasteiger partial charge in [-0.1, -0.05) is 17.7 Å². The second-order valence-corrected chi connectivity index (χ2v) is 8.71. The van der Waals surface area contributed by atoms with Crippen molar-refractivity contribution in [3.05, 3.63) is 29.8 Å². The van der Waals surface area contributed by atoms with Gasteiger partial charge in [-0.15, -0.1) is 0 Å². The topological polar surface area (TPSA) is 95.6 Å². The first-order valence-electron chi connectivity index (χ1n) is 8.54. The molecule has 8 heteroatoms. The molecule has 0 unspecified atom stereocenters. The molecule has 1 aliphatic carbocycles. The van der Waals surface area contributed by atoms with Crippen molar-refractivity contribution in [2.45, 2.75) is 37.5 Å². The number of aryl methyl sites for hydroxylation is 1. The number of piperidine rings is 1. The fraction of sp³-hybridized carbons (Fsp3) is 0.529. The van der Waals surface area contributed by atoms with E-state index in [1.807, 2.05) is 6.92 Å². The van der Waals surface area contributed by atoms with Crippen molar-refractivity contribution in [2.24, 2.45) is 11.8 Å². The number of rotatable bonds is 4. The lowest BCUT2D eigenvalue weighted by Gasteiger charge is -2.31. The van der Waals surface area contributed by atoms with E-state index in [0.29, 0.717) is 19.4 Å². The third-order valence-corrected chi connectivity index (χ3v) is 6.55. The molecule has 136 valence electrons.